The molecule has 116 valence electrons. The topological polar surface area (TPSA) is 47.6 Å². The van der Waals surface area contributed by atoms with Crippen molar-refractivity contribution in [3.05, 3.63) is 0 Å². The van der Waals surface area contributed by atoms with Gasteiger partial charge in [-0.15, -0.1) is 0 Å². The highest BCUT2D eigenvalue weighted by atomic mass is 16.5. The van der Waals surface area contributed by atoms with Crippen LogP contribution in [0.2, 0.25) is 0 Å². The molecular formula is C16H29NO3. The van der Waals surface area contributed by atoms with Gasteiger partial charge in [0.1, 0.15) is 5.54 Å². The second-order valence-electron chi connectivity index (χ2n) is 7.17. The molecule has 0 saturated heterocycles. The average molecular weight is 283 g/mol. The van der Waals surface area contributed by atoms with Crippen LogP contribution in [0.1, 0.15) is 66.2 Å². The Hall–Kier alpha value is -0.610. The Labute approximate surface area is 122 Å². The zero-order chi connectivity index (χ0) is 14.8. The van der Waals surface area contributed by atoms with Crippen molar-refractivity contribution in [3.63, 3.8) is 0 Å². The van der Waals surface area contributed by atoms with Gasteiger partial charge in [0.05, 0.1) is 18.3 Å². The maximum absolute atomic E-state index is 12.5. The third kappa shape index (κ3) is 4.19. The normalized spacial score (nSPS) is 31.1. The summed E-state index contributed by atoms with van der Waals surface area (Å²) in [7, 11) is 0. The lowest BCUT2D eigenvalue weighted by atomic mass is 9.79. The number of carbonyl (C=O) groups is 1. The molecule has 2 aliphatic carbocycles. The fourth-order valence-corrected chi connectivity index (χ4v) is 3.09. The zero-order valence-electron chi connectivity index (χ0n) is 13.3. The third-order valence-corrected chi connectivity index (χ3v) is 3.95. The molecule has 2 fully saturated rings. The molecule has 0 heterocycles. The standard InChI is InChI=1S/C16H29NO3/c1-5-19-14(18)16(17-12-8-9-12)10-6-7-13(11-16)20-15(2,3)4/h12-13,17H,5-11H2,1-4H3. The Balaban J connectivity index is 2.06. The fourth-order valence-electron chi connectivity index (χ4n) is 3.09. The largest absolute Gasteiger partial charge is 0.465 e. The van der Waals surface area contributed by atoms with Gasteiger partial charge in [0.2, 0.25) is 0 Å². The van der Waals surface area contributed by atoms with E-state index in [0.29, 0.717) is 12.6 Å². The molecule has 2 saturated carbocycles. The summed E-state index contributed by atoms with van der Waals surface area (Å²) in [6.07, 6.45) is 6.13. The van der Waals surface area contributed by atoms with Crippen molar-refractivity contribution >= 4 is 5.97 Å². The van der Waals surface area contributed by atoms with Gasteiger partial charge in [-0.05, 0) is 59.8 Å². The number of rotatable bonds is 5. The van der Waals surface area contributed by atoms with Crippen LogP contribution in [-0.2, 0) is 14.3 Å². The van der Waals surface area contributed by atoms with Crippen LogP contribution in [0.15, 0.2) is 0 Å². The number of hydrogen-bond donors (Lipinski definition) is 1. The smallest absolute Gasteiger partial charge is 0.326 e. The Bertz CT molecular complexity index is 346. The highest BCUT2D eigenvalue weighted by molar-refractivity contribution is 5.81. The highest BCUT2D eigenvalue weighted by Crippen LogP contribution is 2.36. The lowest BCUT2D eigenvalue weighted by molar-refractivity contribution is -0.158. The average Bonchev–Trinajstić information content (AvgIpc) is 3.11. The number of carbonyl (C=O) groups excluding carboxylic acids is 1. The summed E-state index contributed by atoms with van der Waals surface area (Å²) in [5, 5.41) is 3.55. The van der Waals surface area contributed by atoms with Gasteiger partial charge < -0.3 is 9.47 Å². The second-order valence-corrected chi connectivity index (χ2v) is 7.17. The Morgan fingerprint density at radius 3 is 2.55 bits per heavy atom. The summed E-state index contributed by atoms with van der Waals surface area (Å²) in [6, 6.07) is 0.493. The van der Waals surface area contributed by atoms with Crippen LogP contribution < -0.4 is 5.32 Å². The molecule has 20 heavy (non-hydrogen) atoms. The molecule has 2 aliphatic rings. The predicted octanol–water partition coefficient (Wildman–Crippen LogP) is 2.80. The molecule has 0 aromatic heterocycles. The van der Waals surface area contributed by atoms with Gasteiger partial charge >= 0.3 is 5.97 Å². The number of ether oxygens (including phenoxy) is 2. The molecule has 0 aromatic carbocycles. The first-order chi connectivity index (χ1) is 9.35. The monoisotopic (exact) mass is 283 g/mol. The van der Waals surface area contributed by atoms with E-state index in [0.717, 1.165) is 25.7 Å². The summed E-state index contributed by atoms with van der Waals surface area (Å²) in [4.78, 5) is 12.5. The molecule has 2 rings (SSSR count). The van der Waals surface area contributed by atoms with E-state index >= 15 is 0 Å². The maximum atomic E-state index is 12.5. The van der Waals surface area contributed by atoms with E-state index in [1.54, 1.807) is 0 Å². The fraction of sp³-hybridized carbons (Fsp3) is 0.938. The van der Waals surface area contributed by atoms with Gasteiger partial charge in [-0.2, -0.15) is 0 Å². The summed E-state index contributed by atoms with van der Waals surface area (Å²) in [6.45, 7) is 8.53. The minimum absolute atomic E-state index is 0.0888. The molecule has 0 spiro atoms. The van der Waals surface area contributed by atoms with Gasteiger partial charge in [-0.25, -0.2) is 0 Å². The van der Waals surface area contributed by atoms with Gasteiger partial charge in [-0.1, -0.05) is 0 Å². The summed E-state index contributed by atoms with van der Waals surface area (Å²) in [5.41, 5.74) is -0.687. The van der Waals surface area contributed by atoms with Gasteiger partial charge in [-0.3, -0.25) is 10.1 Å². The molecule has 0 aliphatic heterocycles. The van der Waals surface area contributed by atoms with E-state index in [-0.39, 0.29) is 17.7 Å². The molecule has 4 nitrogen and oxygen atoms in total. The van der Waals surface area contributed by atoms with Crippen molar-refractivity contribution in [1.82, 2.24) is 5.32 Å². The van der Waals surface area contributed by atoms with E-state index < -0.39 is 5.54 Å². The lowest BCUT2D eigenvalue weighted by Gasteiger charge is -2.41. The minimum Gasteiger partial charge on any atom is -0.465 e. The highest BCUT2D eigenvalue weighted by Gasteiger charge is 2.47. The van der Waals surface area contributed by atoms with Crippen LogP contribution in [0.5, 0.6) is 0 Å². The molecule has 2 atom stereocenters. The first-order valence-electron chi connectivity index (χ1n) is 7.97. The van der Waals surface area contributed by atoms with Gasteiger partial charge in [0, 0.05) is 12.5 Å². The number of hydrogen-bond acceptors (Lipinski definition) is 4. The molecule has 4 heteroatoms. The number of esters is 1. The van der Waals surface area contributed by atoms with Crippen LogP contribution >= 0.6 is 0 Å². The molecule has 0 radical (unpaired) electrons. The Morgan fingerprint density at radius 2 is 2.00 bits per heavy atom. The zero-order valence-corrected chi connectivity index (χ0v) is 13.3. The van der Waals surface area contributed by atoms with Crippen LogP contribution in [0.3, 0.4) is 0 Å². The van der Waals surface area contributed by atoms with Crippen LogP contribution in [0.4, 0.5) is 0 Å². The SMILES string of the molecule is CCOC(=O)C1(NC2CC2)CCCC(OC(C)(C)C)C1. The molecular weight excluding hydrogens is 254 g/mol. The van der Waals surface area contributed by atoms with E-state index in [1.807, 2.05) is 6.92 Å². The van der Waals surface area contributed by atoms with Crippen molar-refractivity contribution in [2.45, 2.75) is 89.5 Å². The first-order valence-corrected chi connectivity index (χ1v) is 7.97. The predicted molar refractivity (Wildman–Crippen MR) is 78.6 cm³/mol. The van der Waals surface area contributed by atoms with Crippen molar-refractivity contribution in [3.8, 4) is 0 Å². The van der Waals surface area contributed by atoms with E-state index in [1.165, 1.54) is 12.8 Å². The van der Waals surface area contributed by atoms with Crippen LogP contribution in [0, 0.1) is 0 Å². The number of nitrogens with one attached hydrogen (secondary N) is 1. The maximum Gasteiger partial charge on any atom is 0.326 e. The molecule has 0 bridgehead atoms. The van der Waals surface area contributed by atoms with Gasteiger partial charge in [0.15, 0.2) is 0 Å². The quantitative estimate of drug-likeness (QED) is 0.788. The molecule has 2 unspecified atom stereocenters. The van der Waals surface area contributed by atoms with Crippen molar-refractivity contribution in [1.29, 1.82) is 0 Å². The van der Waals surface area contributed by atoms with E-state index in [9.17, 15) is 4.79 Å². The second kappa shape index (κ2) is 6.02. The van der Waals surface area contributed by atoms with Gasteiger partial charge in [0.25, 0.3) is 0 Å². The van der Waals surface area contributed by atoms with Crippen LogP contribution in [-0.4, -0.2) is 35.9 Å². The van der Waals surface area contributed by atoms with E-state index in [2.05, 4.69) is 26.1 Å². The van der Waals surface area contributed by atoms with Crippen LogP contribution in [0.25, 0.3) is 0 Å². The Kier molecular flexibility index (Phi) is 4.75. The molecule has 0 amide bonds. The van der Waals surface area contributed by atoms with E-state index in [4.69, 9.17) is 9.47 Å². The minimum atomic E-state index is -0.522. The first kappa shape index (κ1) is 15.8. The van der Waals surface area contributed by atoms with Crippen molar-refractivity contribution in [2.75, 3.05) is 6.61 Å². The summed E-state index contributed by atoms with van der Waals surface area (Å²) in [5.74, 6) is -0.0888. The Morgan fingerprint density at radius 1 is 1.30 bits per heavy atom. The lowest BCUT2D eigenvalue weighted by Crippen LogP contribution is -2.58. The molecule has 0 aromatic rings. The summed E-state index contributed by atoms with van der Waals surface area (Å²) >= 11 is 0. The molecule has 1 N–H and O–H groups in total. The van der Waals surface area contributed by atoms with Crippen molar-refractivity contribution < 1.29 is 14.3 Å². The van der Waals surface area contributed by atoms with Crippen molar-refractivity contribution in [2.24, 2.45) is 0 Å². The third-order valence-electron chi connectivity index (χ3n) is 3.95. The summed E-state index contributed by atoms with van der Waals surface area (Å²) < 4.78 is 11.5.